The number of carbonyl (C=O) groups excluding carboxylic acids is 3. The number of nitro benzene ring substituents is 1. The summed E-state index contributed by atoms with van der Waals surface area (Å²) in [6.07, 6.45) is -2.29. The van der Waals surface area contributed by atoms with Gasteiger partial charge in [0.25, 0.3) is 5.69 Å². The van der Waals surface area contributed by atoms with E-state index in [1.807, 2.05) is 0 Å². The first-order chi connectivity index (χ1) is 19.2. The average molecular weight is 554 g/mol. The van der Waals surface area contributed by atoms with Crippen molar-refractivity contribution in [3.63, 3.8) is 0 Å². The van der Waals surface area contributed by atoms with Crippen molar-refractivity contribution in [1.29, 1.82) is 0 Å². The van der Waals surface area contributed by atoms with Crippen LogP contribution in [0.4, 0.5) is 5.69 Å². The second-order valence-electron chi connectivity index (χ2n) is 8.18. The minimum Gasteiger partial charge on any atom is -0.497 e. The van der Waals surface area contributed by atoms with Crippen LogP contribution in [-0.2, 0) is 25.7 Å². The number of carbonyl (C=O) groups is 3. The number of rotatable bonds is 13. The Morgan fingerprint density at radius 2 is 1.40 bits per heavy atom. The maximum Gasteiger partial charge on any atom is 0.318 e. The van der Waals surface area contributed by atoms with Crippen LogP contribution in [0.1, 0.15) is 34.0 Å². The molecular weight excluding hydrogens is 526 g/mol. The van der Waals surface area contributed by atoms with E-state index in [1.165, 1.54) is 46.6 Å². The van der Waals surface area contributed by atoms with Crippen molar-refractivity contribution in [2.45, 2.75) is 19.1 Å². The fourth-order valence-corrected chi connectivity index (χ4v) is 3.70. The van der Waals surface area contributed by atoms with Crippen LogP contribution in [0.2, 0.25) is 0 Å². The SMILES string of the molecule is COc1cc(OC)cc(C(OC(=O)CC(=O)OCc2cc(OC)c(OC)cc2[N+](=O)[O-])C(=O)c2ccccc2)c1. The number of hydrogen-bond acceptors (Lipinski definition) is 11. The molecule has 0 fully saturated rings. The molecule has 3 rings (SSSR count). The van der Waals surface area contributed by atoms with Crippen LogP contribution in [0.5, 0.6) is 23.0 Å². The van der Waals surface area contributed by atoms with Crippen molar-refractivity contribution >= 4 is 23.4 Å². The summed E-state index contributed by atoms with van der Waals surface area (Å²) in [7, 11) is 5.53. The van der Waals surface area contributed by atoms with E-state index in [1.54, 1.807) is 36.4 Å². The van der Waals surface area contributed by atoms with Gasteiger partial charge < -0.3 is 28.4 Å². The van der Waals surface area contributed by atoms with Gasteiger partial charge in [-0.25, -0.2) is 0 Å². The Bertz CT molecular complexity index is 1370. The van der Waals surface area contributed by atoms with Gasteiger partial charge >= 0.3 is 11.9 Å². The smallest absolute Gasteiger partial charge is 0.318 e. The molecule has 0 amide bonds. The van der Waals surface area contributed by atoms with E-state index >= 15 is 0 Å². The third-order valence-corrected chi connectivity index (χ3v) is 5.68. The van der Waals surface area contributed by atoms with Crippen molar-refractivity contribution in [3.8, 4) is 23.0 Å². The Labute approximate surface area is 229 Å². The topological polar surface area (TPSA) is 150 Å². The number of ketones is 1. The lowest BCUT2D eigenvalue weighted by Gasteiger charge is -2.19. The summed E-state index contributed by atoms with van der Waals surface area (Å²) < 4.78 is 31.3. The van der Waals surface area contributed by atoms with Crippen molar-refractivity contribution in [2.75, 3.05) is 28.4 Å². The Morgan fingerprint density at radius 3 is 1.95 bits per heavy atom. The molecule has 40 heavy (non-hydrogen) atoms. The van der Waals surface area contributed by atoms with Gasteiger partial charge in [0.05, 0.1) is 45.0 Å². The molecule has 0 saturated carbocycles. The van der Waals surface area contributed by atoms with Crippen molar-refractivity contribution in [3.05, 3.63) is 87.5 Å². The van der Waals surface area contributed by atoms with Gasteiger partial charge in [-0.3, -0.25) is 24.5 Å². The average Bonchev–Trinajstić information content (AvgIpc) is 2.97. The summed E-state index contributed by atoms with van der Waals surface area (Å²) in [5, 5.41) is 11.5. The fourth-order valence-electron chi connectivity index (χ4n) is 3.70. The first-order valence-corrected chi connectivity index (χ1v) is 11.8. The van der Waals surface area contributed by atoms with Crippen molar-refractivity contribution in [1.82, 2.24) is 0 Å². The number of Topliss-reactive ketones (excluding diaryl/α,β-unsaturated/α-hetero) is 1. The molecule has 0 aliphatic heterocycles. The Morgan fingerprint density at radius 1 is 0.800 bits per heavy atom. The van der Waals surface area contributed by atoms with Crippen molar-refractivity contribution in [2.24, 2.45) is 0 Å². The Hall–Kier alpha value is -5.13. The predicted octanol–water partition coefficient (Wildman–Crippen LogP) is 4.23. The van der Waals surface area contributed by atoms with Crippen LogP contribution in [0.25, 0.3) is 0 Å². The second-order valence-corrected chi connectivity index (χ2v) is 8.18. The number of nitro groups is 1. The lowest BCUT2D eigenvalue weighted by molar-refractivity contribution is -0.385. The van der Waals surface area contributed by atoms with Gasteiger partial charge in [0.15, 0.2) is 17.6 Å². The maximum atomic E-state index is 13.3. The van der Waals surface area contributed by atoms with E-state index in [0.29, 0.717) is 11.5 Å². The quantitative estimate of drug-likeness (QED) is 0.0983. The first kappa shape index (κ1) is 29.4. The van der Waals surface area contributed by atoms with Crippen LogP contribution >= 0.6 is 0 Å². The van der Waals surface area contributed by atoms with E-state index < -0.39 is 41.8 Å². The molecule has 210 valence electrons. The number of ether oxygens (including phenoxy) is 6. The lowest BCUT2D eigenvalue weighted by atomic mass is 9.99. The van der Waals surface area contributed by atoms with Gasteiger partial charge in [-0.1, -0.05) is 30.3 Å². The summed E-state index contributed by atoms with van der Waals surface area (Å²) in [4.78, 5) is 49.4. The summed E-state index contributed by atoms with van der Waals surface area (Å²) >= 11 is 0. The third-order valence-electron chi connectivity index (χ3n) is 5.68. The molecule has 12 heteroatoms. The van der Waals surface area contributed by atoms with Gasteiger partial charge in [0, 0.05) is 17.2 Å². The molecule has 0 N–H and O–H groups in total. The van der Waals surface area contributed by atoms with E-state index in [4.69, 9.17) is 28.4 Å². The molecule has 0 heterocycles. The molecule has 1 unspecified atom stereocenters. The zero-order chi connectivity index (χ0) is 29.2. The van der Waals surface area contributed by atoms with E-state index in [0.717, 1.165) is 6.07 Å². The van der Waals surface area contributed by atoms with Crippen LogP contribution < -0.4 is 18.9 Å². The van der Waals surface area contributed by atoms with E-state index in [9.17, 15) is 24.5 Å². The Kier molecular flexibility index (Phi) is 10.0. The number of methoxy groups -OCH3 is 4. The lowest BCUT2D eigenvalue weighted by Crippen LogP contribution is -2.22. The highest BCUT2D eigenvalue weighted by molar-refractivity contribution is 6.02. The Balaban J connectivity index is 1.79. The van der Waals surface area contributed by atoms with Crippen molar-refractivity contribution < 1.29 is 47.7 Å². The third kappa shape index (κ3) is 7.25. The number of benzene rings is 3. The minimum atomic E-state index is -1.43. The molecule has 0 aromatic heterocycles. The number of hydrogen-bond donors (Lipinski definition) is 0. The molecule has 0 bridgehead atoms. The molecule has 1 atom stereocenters. The normalized spacial score (nSPS) is 11.1. The summed E-state index contributed by atoms with van der Waals surface area (Å²) in [5.41, 5.74) is 0.177. The molecule has 0 aliphatic rings. The van der Waals surface area contributed by atoms with E-state index in [-0.39, 0.29) is 33.9 Å². The monoisotopic (exact) mass is 553 g/mol. The fraction of sp³-hybridized carbons (Fsp3) is 0.250. The molecule has 3 aromatic rings. The molecule has 0 radical (unpaired) electrons. The molecule has 12 nitrogen and oxygen atoms in total. The van der Waals surface area contributed by atoms with Gasteiger partial charge in [-0.05, 0) is 18.2 Å². The highest BCUT2D eigenvalue weighted by atomic mass is 16.6. The summed E-state index contributed by atoms with van der Waals surface area (Å²) in [6.45, 7) is -0.526. The molecule has 3 aromatic carbocycles. The van der Waals surface area contributed by atoms with Crippen LogP contribution in [-0.4, -0.2) is 51.1 Å². The molecule has 0 spiro atoms. The minimum absolute atomic E-state index is 0.0185. The molecule has 0 aliphatic carbocycles. The molecular formula is C28H27NO11. The zero-order valence-corrected chi connectivity index (χ0v) is 22.2. The van der Waals surface area contributed by atoms with Crippen LogP contribution in [0, 0.1) is 10.1 Å². The first-order valence-electron chi connectivity index (χ1n) is 11.8. The van der Waals surface area contributed by atoms with Crippen LogP contribution in [0.3, 0.4) is 0 Å². The van der Waals surface area contributed by atoms with Gasteiger partial charge in [-0.15, -0.1) is 0 Å². The largest absolute Gasteiger partial charge is 0.497 e. The highest BCUT2D eigenvalue weighted by Crippen LogP contribution is 2.35. The van der Waals surface area contributed by atoms with Gasteiger partial charge in [0.1, 0.15) is 24.5 Å². The second kappa shape index (κ2) is 13.6. The highest BCUT2D eigenvalue weighted by Gasteiger charge is 2.29. The van der Waals surface area contributed by atoms with Crippen LogP contribution in [0.15, 0.2) is 60.7 Å². The van der Waals surface area contributed by atoms with Gasteiger partial charge in [0.2, 0.25) is 5.78 Å². The molecule has 0 saturated heterocycles. The summed E-state index contributed by atoms with van der Waals surface area (Å²) in [5.74, 6) is -1.60. The summed E-state index contributed by atoms with van der Waals surface area (Å²) in [6, 6.07) is 15.2. The van der Waals surface area contributed by atoms with Gasteiger partial charge in [-0.2, -0.15) is 0 Å². The zero-order valence-electron chi connectivity index (χ0n) is 22.2. The standard InChI is InChI=1S/C28H27NO11/c1-35-20-10-18(11-21(13-20)36-2)28(27(32)17-8-6-5-7-9-17)40-26(31)15-25(30)39-16-19-12-23(37-3)24(38-4)14-22(19)29(33)34/h5-14,28H,15-16H2,1-4H3. The van der Waals surface area contributed by atoms with E-state index in [2.05, 4.69) is 0 Å². The number of nitrogens with zero attached hydrogens (tertiary/aromatic N) is 1. The predicted molar refractivity (Wildman–Crippen MR) is 140 cm³/mol. The maximum absolute atomic E-state index is 13.3. The number of esters is 2.